The van der Waals surface area contributed by atoms with Gasteiger partial charge in [-0.25, -0.2) is 0 Å². The van der Waals surface area contributed by atoms with E-state index >= 15 is 0 Å². The quantitative estimate of drug-likeness (QED) is 0.721. The van der Waals surface area contributed by atoms with Crippen LogP contribution in [0.1, 0.15) is 16.8 Å². The lowest BCUT2D eigenvalue weighted by atomic mass is 10.2. The van der Waals surface area contributed by atoms with E-state index in [0.29, 0.717) is 31.9 Å². The van der Waals surface area contributed by atoms with Crippen LogP contribution in [0.3, 0.4) is 0 Å². The van der Waals surface area contributed by atoms with Crippen molar-refractivity contribution in [2.75, 3.05) is 39.5 Å². The fourth-order valence-electron chi connectivity index (χ4n) is 2.10. The first-order valence-corrected chi connectivity index (χ1v) is 8.40. The molecular weight excluding hydrogens is 380 g/mol. The van der Waals surface area contributed by atoms with E-state index in [-0.39, 0.29) is 31.4 Å². The first-order chi connectivity index (χ1) is 11.6. The van der Waals surface area contributed by atoms with E-state index in [1.54, 1.807) is 29.2 Å². The van der Waals surface area contributed by atoms with Crippen LogP contribution in [0, 0.1) is 0 Å². The molecule has 1 aromatic rings. The minimum Gasteiger partial charge on any atom is -0.456 e. The van der Waals surface area contributed by atoms with Crippen molar-refractivity contribution in [3.8, 4) is 0 Å². The second kappa shape index (κ2) is 9.39. The van der Waals surface area contributed by atoms with E-state index in [1.165, 1.54) is 0 Å². The van der Waals surface area contributed by atoms with Gasteiger partial charge in [0.1, 0.15) is 0 Å². The zero-order valence-corrected chi connectivity index (χ0v) is 14.7. The van der Waals surface area contributed by atoms with Crippen LogP contribution in [0.4, 0.5) is 0 Å². The Morgan fingerprint density at radius 2 is 1.83 bits per heavy atom. The van der Waals surface area contributed by atoms with Crippen LogP contribution in [0.25, 0.3) is 0 Å². The van der Waals surface area contributed by atoms with Crippen LogP contribution in [-0.2, 0) is 19.1 Å². The number of esters is 1. The molecule has 24 heavy (non-hydrogen) atoms. The summed E-state index contributed by atoms with van der Waals surface area (Å²) in [5, 5.41) is 2.63. The lowest BCUT2D eigenvalue weighted by Crippen LogP contribution is -2.42. The Kier molecular flexibility index (Phi) is 7.20. The van der Waals surface area contributed by atoms with Crippen molar-refractivity contribution in [2.45, 2.75) is 6.42 Å². The zero-order valence-electron chi connectivity index (χ0n) is 13.1. The summed E-state index contributed by atoms with van der Waals surface area (Å²) in [6, 6.07) is 6.89. The predicted molar refractivity (Wildman–Crippen MR) is 89.5 cm³/mol. The molecular formula is C16H19BrN2O5. The number of nitrogens with zero attached hydrogens (tertiary/aromatic N) is 1. The highest BCUT2D eigenvalue weighted by molar-refractivity contribution is 9.10. The summed E-state index contributed by atoms with van der Waals surface area (Å²) in [6.45, 7) is 1.90. The molecule has 1 aliphatic rings. The number of carbonyl (C=O) groups is 3. The number of morpholine rings is 1. The number of amides is 2. The van der Waals surface area contributed by atoms with Crippen molar-refractivity contribution < 1.29 is 23.9 Å². The molecule has 1 fully saturated rings. The SMILES string of the molecule is O=C(CCNC(=O)c1ccc(Br)cc1)OCC(=O)N1CCOCC1. The Balaban J connectivity index is 1.63. The van der Waals surface area contributed by atoms with E-state index in [9.17, 15) is 14.4 Å². The summed E-state index contributed by atoms with van der Waals surface area (Å²) >= 11 is 3.29. The van der Waals surface area contributed by atoms with Gasteiger partial charge in [0.25, 0.3) is 11.8 Å². The van der Waals surface area contributed by atoms with Gasteiger partial charge in [-0.3, -0.25) is 14.4 Å². The van der Waals surface area contributed by atoms with Crippen LogP contribution in [0.5, 0.6) is 0 Å². The number of hydrogen-bond acceptors (Lipinski definition) is 5. The van der Waals surface area contributed by atoms with Gasteiger partial charge in [0.2, 0.25) is 0 Å². The topological polar surface area (TPSA) is 84.9 Å². The maximum atomic E-state index is 11.9. The number of ether oxygens (including phenoxy) is 2. The van der Waals surface area contributed by atoms with Crippen LogP contribution in [0.15, 0.2) is 28.7 Å². The molecule has 1 heterocycles. The molecule has 1 aromatic carbocycles. The van der Waals surface area contributed by atoms with Crippen LogP contribution >= 0.6 is 15.9 Å². The normalized spacial score (nSPS) is 14.1. The number of nitrogens with one attached hydrogen (secondary N) is 1. The highest BCUT2D eigenvalue weighted by atomic mass is 79.9. The molecule has 0 radical (unpaired) electrons. The number of rotatable bonds is 6. The number of hydrogen-bond donors (Lipinski definition) is 1. The minimum atomic E-state index is -0.521. The predicted octanol–water partition coefficient (Wildman–Crippen LogP) is 0.971. The van der Waals surface area contributed by atoms with Crippen LogP contribution in [-0.4, -0.2) is 62.1 Å². The van der Waals surface area contributed by atoms with Gasteiger partial charge in [0.15, 0.2) is 6.61 Å². The molecule has 0 bridgehead atoms. The van der Waals surface area contributed by atoms with E-state index in [2.05, 4.69) is 21.2 Å². The van der Waals surface area contributed by atoms with Crippen LogP contribution in [0.2, 0.25) is 0 Å². The average Bonchev–Trinajstić information content (AvgIpc) is 2.61. The maximum absolute atomic E-state index is 11.9. The fraction of sp³-hybridized carbons (Fsp3) is 0.438. The number of carbonyl (C=O) groups excluding carboxylic acids is 3. The summed E-state index contributed by atoms with van der Waals surface area (Å²) in [6.07, 6.45) is 0.0126. The van der Waals surface area contributed by atoms with Crippen molar-refractivity contribution in [3.63, 3.8) is 0 Å². The second-order valence-corrected chi connectivity index (χ2v) is 6.08. The lowest BCUT2D eigenvalue weighted by molar-refractivity contribution is -0.153. The minimum absolute atomic E-state index is 0.0126. The molecule has 7 nitrogen and oxygen atoms in total. The van der Waals surface area contributed by atoms with E-state index in [0.717, 1.165) is 4.47 Å². The first-order valence-electron chi connectivity index (χ1n) is 7.61. The number of halogens is 1. The third-order valence-electron chi connectivity index (χ3n) is 3.44. The van der Waals surface area contributed by atoms with E-state index in [4.69, 9.17) is 9.47 Å². The van der Waals surface area contributed by atoms with Crippen molar-refractivity contribution in [3.05, 3.63) is 34.3 Å². The molecule has 130 valence electrons. The molecule has 8 heteroatoms. The Hall–Kier alpha value is -1.93. The lowest BCUT2D eigenvalue weighted by Gasteiger charge is -2.26. The average molecular weight is 399 g/mol. The van der Waals surface area contributed by atoms with Crippen molar-refractivity contribution in [1.82, 2.24) is 10.2 Å². The van der Waals surface area contributed by atoms with Gasteiger partial charge in [-0.2, -0.15) is 0 Å². The molecule has 2 amide bonds. The fourth-order valence-corrected chi connectivity index (χ4v) is 2.36. The standard InChI is InChI=1S/C16H19BrN2O5/c17-13-3-1-12(2-4-13)16(22)18-6-5-15(21)24-11-14(20)19-7-9-23-10-8-19/h1-4H,5-11H2,(H,18,22). The maximum Gasteiger partial charge on any atom is 0.308 e. The van der Waals surface area contributed by atoms with Crippen molar-refractivity contribution in [2.24, 2.45) is 0 Å². The highest BCUT2D eigenvalue weighted by Crippen LogP contribution is 2.10. The highest BCUT2D eigenvalue weighted by Gasteiger charge is 2.18. The molecule has 0 aliphatic carbocycles. The summed E-state index contributed by atoms with van der Waals surface area (Å²) in [7, 11) is 0. The summed E-state index contributed by atoms with van der Waals surface area (Å²) in [5.41, 5.74) is 0.508. The Morgan fingerprint density at radius 3 is 2.50 bits per heavy atom. The molecule has 2 rings (SSSR count). The largest absolute Gasteiger partial charge is 0.456 e. The molecule has 0 unspecified atom stereocenters. The molecule has 0 atom stereocenters. The molecule has 0 spiro atoms. The van der Waals surface area contributed by atoms with Gasteiger partial charge >= 0.3 is 5.97 Å². The van der Waals surface area contributed by atoms with Crippen molar-refractivity contribution in [1.29, 1.82) is 0 Å². The Morgan fingerprint density at radius 1 is 1.17 bits per heavy atom. The van der Waals surface area contributed by atoms with Crippen molar-refractivity contribution >= 4 is 33.7 Å². The third-order valence-corrected chi connectivity index (χ3v) is 3.97. The summed E-state index contributed by atoms with van der Waals surface area (Å²) in [4.78, 5) is 36.9. The van der Waals surface area contributed by atoms with Gasteiger partial charge in [-0.1, -0.05) is 15.9 Å². The second-order valence-electron chi connectivity index (χ2n) is 5.17. The molecule has 1 saturated heterocycles. The number of benzene rings is 1. The van der Waals surface area contributed by atoms with E-state index in [1.807, 2.05) is 0 Å². The van der Waals surface area contributed by atoms with Gasteiger partial charge < -0.3 is 19.7 Å². The molecule has 0 aromatic heterocycles. The first kappa shape index (κ1) is 18.4. The summed E-state index contributed by atoms with van der Waals surface area (Å²) in [5.74, 6) is -1.02. The van der Waals surface area contributed by atoms with Crippen LogP contribution < -0.4 is 5.32 Å². The van der Waals surface area contributed by atoms with Gasteiger partial charge in [-0.05, 0) is 24.3 Å². The molecule has 1 N–H and O–H groups in total. The molecule has 0 saturated carbocycles. The Labute approximate surface area is 148 Å². The summed E-state index contributed by atoms with van der Waals surface area (Å²) < 4.78 is 11.0. The molecule has 1 aliphatic heterocycles. The van der Waals surface area contributed by atoms with Gasteiger partial charge in [0, 0.05) is 29.7 Å². The van der Waals surface area contributed by atoms with E-state index < -0.39 is 5.97 Å². The third kappa shape index (κ3) is 5.93. The zero-order chi connectivity index (χ0) is 17.4. The van der Waals surface area contributed by atoms with Gasteiger partial charge in [0.05, 0.1) is 19.6 Å². The monoisotopic (exact) mass is 398 g/mol. The van der Waals surface area contributed by atoms with Gasteiger partial charge in [-0.15, -0.1) is 0 Å². The Bertz CT molecular complexity index is 585. The smallest absolute Gasteiger partial charge is 0.308 e.